The molecule has 0 spiro atoms. The van der Waals surface area contributed by atoms with Crippen molar-refractivity contribution in [2.45, 2.75) is 25.8 Å². The Kier molecular flexibility index (Phi) is 3.47. The minimum absolute atomic E-state index is 0.129. The molecule has 1 aliphatic heterocycles. The summed E-state index contributed by atoms with van der Waals surface area (Å²) in [7, 11) is 0. The first-order valence-electron chi connectivity index (χ1n) is 5.54. The molecular weight excluding hydrogens is 242 g/mol. The van der Waals surface area contributed by atoms with E-state index in [1.165, 1.54) is 0 Å². The van der Waals surface area contributed by atoms with Gasteiger partial charge in [-0.1, -0.05) is 25.4 Å². The van der Waals surface area contributed by atoms with Gasteiger partial charge in [-0.2, -0.15) is 0 Å². The first kappa shape index (κ1) is 12.5. The van der Waals surface area contributed by atoms with Crippen LogP contribution in [0.3, 0.4) is 0 Å². The fourth-order valence-electron chi connectivity index (χ4n) is 2.07. The summed E-state index contributed by atoms with van der Waals surface area (Å²) >= 11 is 6.11. The highest BCUT2D eigenvalue weighted by Gasteiger charge is 2.27. The molecule has 5 heteroatoms. The Labute approximate surface area is 105 Å². The highest BCUT2D eigenvalue weighted by atomic mass is 35.5. The average molecular weight is 258 g/mol. The first-order valence-corrected chi connectivity index (χ1v) is 5.92. The fourth-order valence-corrected chi connectivity index (χ4v) is 2.33. The van der Waals surface area contributed by atoms with Crippen LogP contribution in [0, 0.1) is 0 Å². The number of ether oxygens (including phenoxy) is 2. The van der Waals surface area contributed by atoms with Gasteiger partial charge >= 0.3 is 0 Å². The molecule has 94 valence electrons. The van der Waals surface area contributed by atoms with Crippen LogP contribution >= 0.6 is 11.6 Å². The molecule has 0 radical (unpaired) electrons. The second-order valence-electron chi connectivity index (χ2n) is 4.37. The summed E-state index contributed by atoms with van der Waals surface area (Å²) in [5.41, 5.74) is 7.67. The van der Waals surface area contributed by atoms with Gasteiger partial charge in [0.1, 0.15) is 0 Å². The van der Waals surface area contributed by atoms with Crippen molar-refractivity contribution in [2.24, 2.45) is 5.73 Å². The van der Waals surface area contributed by atoms with Gasteiger partial charge in [0.15, 0.2) is 11.5 Å². The molecule has 0 bridgehead atoms. The van der Waals surface area contributed by atoms with Crippen molar-refractivity contribution in [2.75, 3.05) is 13.4 Å². The molecule has 17 heavy (non-hydrogen) atoms. The smallest absolute Gasteiger partial charge is 0.231 e. The zero-order valence-corrected chi connectivity index (χ0v) is 10.6. The highest BCUT2D eigenvalue weighted by molar-refractivity contribution is 6.32. The van der Waals surface area contributed by atoms with Crippen LogP contribution in [0.25, 0.3) is 0 Å². The van der Waals surface area contributed by atoms with Crippen LogP contribution in [0.1, 0.15) is 36.9 Å². The average Bonchev–Trinajstić information content (AvgIpc) is 2.76. The number of benzene rings is 1. The van der Waals surface area contributed by atoms with E-state index < -0.39 is 6.04 Å². The molecule has 0 saturated heterocycles. The Hall–Kier alpha value is -0.970. The van der Waals surface area contributed by atoms with Crippen LogP contribution in [0.4, 0.5) is 0 Å². The SMILES string of the molecule is CC(C)c1c(C(N)CO)cc(Cl)c2c1OCO2. The second-order valence-corrected chi connectivity index (χ2v) is 4.78. The van der Waals surface area contributed by atoms with Crippen molar-refractivity contribution in [3.8, 4) is 11.5 Å². The summed E-state index contributed by atoms with van der Waals surface area (Å²) in [5, 5.41) is 9.67. The summed E-state index contributed by atoms with van der Waals surface area (Å²) in [4.78, 5) is 0. The molecule has 0 aliphatic carbocycles. The van der Waals surface area contributed by atoms with Gasteiger partial charge in [-0.25, -0.2) is 0 Å². The van der Waals surface area contributed by atoms with E-state index >= 15 is 0 Å². The van der Waals surface area contributed by atoms with Gasteiger partial charge in [-0.15, -0.1) is 0 Å². The van der Waals surface area contributed by atoms with Gasteiger partial charge in [-0.3, -0.25) is 0 Å². The Morgan fingerprint density at radius 1 is 1.41 bits per heavy atom. The van der Waals surface area contributed by atoms with Crippen molar-refractivity contribution in [1.29, 1.82) is 0 Å². The predicted octanol–water partition coefficient (Wildman–Crippen LogP) is 2.18. The number of aliphatic hydroxyl groups is 1. The van der Waals surface area contributed by atoms with Gasteiger partial charge in [0.05, 0.1) is 17.7 Å². The molecule has 2 rings (SSSR count). The Bertz CT molecular complexity index is 434. The lowest BCUT2D eigenvalue weighted by atomic mass is 9.92. The van der Waals surface area contributed by atoms with Crippen molar-refractivity contribution >= 4 is 11.6 Å². The Morgan fingerprint density at radius 2 is 2.06 bits per heavy atom. The number of aliphatic hydroxyl groups excluding tert-OH is 1. The van der Waals surface area contributed by atoms with E-state index in [0.29, 0.717) is 16.5 Å². The van der Waals surface area contributed by atoms with E-state index in [2.05, 4.69) is 0 Å². The highest BCUT2D eigenvalue weighted by Crippen LogP contribution is 2.47. The van der Waals surface area contributed by atoms with Gasteiger partial charge in [0.2, 0.25) is 6.79 Å². The van der Waals surface area contributed by atoms with Crippen molar-refractivity contribution < 1.29 is 14.6 Å². The lowest BCUT2D eigenvalue weighted by Crippen LogP contribution is -2.17. The maximum Gasteiger partial charge on any atom is 0.231 e. The molecule has 0 aromatic heterocycles. The number of hydrogen-bond donors (Lipinski definition) is 2. The van der Waals surface area contributed by atoms with Crippen LogP contribution in [-0.2, 0) is 0 Å². The van der Waals surface area contributed by atoms with Crippen LogP contribution in [0.2, 0.25) is 5.02 Å². The maximum absolute atomic E-state index is 9.19. The number of hydrogen-bond acceptors (Lipinski definition) is 4. The van der Waals surface area contributed by atoms with E-state index in [4.69, 9.17) is 26.8 Å². The summed E-state index contributed by atoms with van der Waals surface area (Å²) in [6.07, 6.45) is 0. The standard InChI is InChI=1S/C12H16ClNO3/c1-6(2)10-7(9(14)4-15)3-8(13)11-12(10)17-5-16-11/h3,6,9,15H,4-5,14H2,1-2H3. The topological polar surface area (TPSA) is 64.7 Å². The van der Waals surface area contributed by atoms with Crippen molar-refractivity contribution in [3.05, 3.63) is 22.2 Å². The van der Waals surface area contributed by atoms with E-state index in [-0.39, 0.29) is 19.3 Å². The van der Waals surface area contributed by atoms with Crippen LogP contribution in [0.15, 0.2) is 6.07 Å². The number of nitrogens with two attached hydrogens (primary N) is 1. The van der Waals surface area contributed by atoms with Crippen LogP contribution in [-0.4, -0.2) is 18.5 Å². The molecule has 1 atom stereocenters. The zero-order valence-electron chi connectivity index (χ0n) is 9.87. The number of halogens is 1. The molecule has 3 N–H and O–H groups in total. The van der Waals surface area contributed by atoms with E-state index in [9.17, 15) is 5.11 Å². The third kappa shape index (κ3) is 2.08. The van der Waals surface area contributed by atoms with E-state index in [1.54, 1.807) is 6.07 Å². The minimum atomic E-state index is -0.459. The molecule has 1 aromatic carbocycles. The minimum Gasteiger partial charge on any atom is -0.453 e. The van der Waals surface area contributed by atoms with Gasteiger partial charge in [0, 0.05) is 5.56 Å². The lowest BCUT2D eigenvalue weighted by molar-refractivity contribution is 0.173. The largest absolute Gasteiger partial charge is 0.453 e. The quantitative estimate of drug-likeness (QED) is 0.871. The molecule has 1 aliphatic rings. The normalized spacial score (nSPS) is 15.4. The molecule has 4 nitrogen and oxygen atoms in total. The number of rotatable bonds is 3. The van der Waals surface area contributed by atoms with Crippen LogP contribution < -0.4 is 15.2 Å². The first-order chi connectivity index (χ1) is 8.06. The van der Waals surface area contributed by atoms with Crippen molar-refractivity contribution in [1.82, 2.24) is 0 Å². The predicted molar refractivity (Wildman–Crippen MR) is 65.7 cm³/mol. The molecule has 0 saturated carbocycles. The molecule has 0 amide bonds. The number of fused-ring (bicyclic) bond motifs is 1. The molecule has 1 unspecified atom stereocenters. The molecular formula is C12H16ClNO3. The fraction of sp³-hybridized carbons (Fsp3) is 0.500. The molecule has 1 aromatic rings. The third-order valence-electron chi connectivity index (χ3n) is 2.84. The summed E-state index contributed by atoms with van der Waals surface area (Å²) in [6.45, 7) is 4.12. The zero-order chi connectivity index (χ0) is 12.6. The Morgan fingerprint density at radius 3 is 2.65 bits per heavy atom. The third-order valence-corrected chi connectivity index (χ3v) is 3.12. The van der Waals surface area contributed by atoms with Crippen molar-refractivity contribution in [3.63, 3.8) is 0 Å². The maximum atomic E-state index is 9.19. The van der Waals surface area contributed by atoms with E-state index in [1.807, 2.05) is 13.8 Å². The lowest BCUT2D eigenvalue weighted by Gasteiger charge is -2.19. The van der Waals surface area contributed by atoms with E-state index in [0.717, 1.165) is 11.1 Å². The molecule has 1 heterocycles. The Balaban J connectivity index is 2.63. The summed E-state index contributed by atoms with van der Waals surface area (Å²) in [5.74, 6) is 1.45. The van der Waals surface area contributed by atoms with Gasteiger partial charge in [-0.05, 0) is 17.5 Å². The molecule has 0 fully saturated rings. The summed E-state index contributed by atoms with van der Waals surface area (Å²) in [6, 6.07) is 1.30. The van der Waals surface area contributed by atoms with Crippen LogP contribution in [0.5, 0.6) is 11.5 Å². The van der Waals surface area contributed by atoms with Gasteiger partial charge in [0.25, 0.3) is 0 Å². The monoisotopic (exact) mass is 257 g/mol. The summed E-state index contributed by atoms with van der Waals surface area (Å²) < 4.78 is 10.8. The van der Waals surface area contributed by atoms with Gasteiger partial charge < -0.3 is 20.3 Å². The second kappa shape index (κ2) is 4.72.